The molecular weight excluding hydrogens is 318 g/mol. The van der Waals surface area contributed by atoms with Crippen LogP contribution in [0, 0.1) is 12.8 Å². The summed E-state index contributed by atoms with van der Waals surface area (Å²) in [5.41, 5.74) is 2.24. The Labute approximate surface area is 151 Å². The van der Waals surface area contributed by atoms with Gasteiger partial charge in [-0.25, -0.2) is 0 Å². The maximum absolute atomic E-state index is 12.2. The average Bonchev–Trinajstić information content (AvgIpc) is 2.60. The molecule has 1 fully saturated rings. The molecule has 132 valence electrons. The second-order valence-electron chi connectivity index (χ2n) is 6.50. The molecule has 0 bridgehead atoms. The van der Waals surface area contributed by atoms with Crippen molar-refractivity contribution < 1.29 is 4.79 Å². The molecule has 0 spiro atoms. The van der Waals surface area contributed by atoms with Crippen LogP contribution in [-0.2, 0) is 4.79 Å². The molecule has 1 heterocycles. The van der Waals surface area contributed by atoms with E-state index in [4.69, 9.17) is 12.2 Å². The van der Waals surface area contributed by atoms with Gasteiger partial charge >= 0.3 is 0 Å². The maximum atomic E-state index is 12.2. The van der Waals surface area contributed by atoms with Crippen LogP contribution in [0.25, 0.3) is 0 Å². The Bertz CT molecular complexity index is 553. The predicted molar refractivity (Wildman–Crippen MR) is 104 cm³/mol. The fourth-order valence-corrected chi connectivity index (χ4v) is 3.28. The van der Waals surface area contributed by atoms with E-state index in [1.165, 1.54) is 18.4 Å². The van der Waals surface area contributed by atoms with Crippen LogP contribution < -0.4 is 10.6 Å². The average molecular weight is 348 g/mol. The summed E-state index contributed by atoms with van der Waals surface area (Å²) in [5.74, 6) is 0.340. The molecule has 0 unspecified atom stereocenters. The SMILES string of the molecule is CCCCCNC(=O)C1CCN(C(=S)Nc2ccccc2C)CC1. The summed E-state index contributed by atoms with van der Waals surface area (Å²) in [6.07, 6.45) is 5.17. The number of nitrogens with one attached hydrogen (secondary N) is 2. The number of rotatable bonds is 6. The number of likely N-dealkylation sites (tertiary alicyclic amines) is 1. The standard InChI is InChI=1S/C19H29N3OS/c1-3-4-7-12-20-18(23)16-10-13-22(14-11-16)19(24)21-17-9-6-5-8-15(17)2/h5-6,8-9,16H,3-4,7,10-14H2,1-2H3,(H,20,23)(H,21,24). The van der Waals surface area contributed by atoms with Crippen molar-refractivity contribution >= 4 is 28.9 Å². The number of piperidine rings is 1. The number of para-hydroxylation sites is 1. The van der Waals surface area contributed by atoms with E-state index in [-0.39, 0.29) is 11.8 Å². The first kappa shape index (κ1) is 18.7. The zero-order valence-corrected chi connectivity index (χ0v) is 15.6. The van der Waals surface area contributed by atoms with Gasteiger partial charge in [0.05, 0.1) is 0 Å². The topological polar surface area (TPSA) is 44.4 Å². The first-order valence-electron chi connectivity index (χ1n) is 9.01. The molecule has 0 saturated carbocycles. The highest BCUT2D eigenvalue weighted by Crippen LogP contribution is 2.20. The Morgan fingerprint density at radius 3 is 2.62 bits per heavy atom. The number of amides is 1. The Morgan fingerprint density at radius 2 is 1.96 bits per heavy atom. The van der Waals surface area contributed by atoms with E-state index in [0.717, 1.165) is 49.7 Å². The van der Waals surface area contributed by atoms with Gasteiger partial charge in [-0.3, -0.25) is 4.79 Å². The van der Waals surface area contributed by atoms with Crippen molar-refractivity contribution in [3.63, 3.8) is 0 Å². The summed E-state index contributed by atoms with van der Waals surface area (Å²) < 4.78 is 0. The van der Waals surface area contributed by atoms with Crippen LogP contribution in [0.3, 0.4) is 0 Å². The van der Waals surface area contributed by atoms with Crippen molar-refractivity contribution in [2.75, 3.05) is 25.0 Å². The van der Waals surface area contributed by atoms with Crippen molar-refractivity contribution in [1.29, 1.82) is 0 Å². The number of thiocarbonyl (C=S) groups is 1. The van der Waals surface area contributed by atoms with Crippen molar-refractivity contribution in [3.05, 3.63) is 29.8 Å². The number of unbranched alkanes of at least 4 members (excludes halogenated alkanes) is 2. The third-order valence-corrected chi connectivity index (χ3v) is 4.98. The largest absolute Gasteiger partial charge is 0.356 e. The van der Waals surface area contributed by atoms with Gasteiger partial charge in [-0.2, -0.15) is 0 Å². The monoisotopic (exact) mass is 347 g/mol. The van der Waals surface area contributed by atoms with E-state index in [1.54, 1.807) is 0 Å². The fraction of sp³-hybridized carbons (Fsp3) is 0.579. The van der Waals surface area contributed by atoms with Crippen LogP contribution in [0.5, 0.6) is 0 Å². The van der Waals surface area contributed by atoms with E-state index in [0.29, 0.717) is 0 Å². The Morgan fingerprint density at radius 1 is 1.25 bits per heavy atom. The highest BCUT2D eigenvalue weighted by Gasteiger charge is 2.25. The summed E-state index contributed by atoms with van der Waals surface area (Å²) in [6.45, 7) is 6.72. The molecule has 2 N–H and O–H groups in total. The van der Waals surface area contributed by atoms with E-state index in [1.807, 2.05) is 18.2 Å². The van der Waals surface area contributed by atoms with Gasteiger partial charge in [-0.1, -0.05) is 38.0 Å². The van der Waals surface area contributed by atoms with E-state index < -0.39 is 0 Å². The summed E-state index contributed by atoms with van der Waals surface area (Å²) in [5, 5.41) is 7.16. The van der Waals surface area contributed by atoms with Crippen LogP contribution in [0.1, 0.15) is 44.6 Å². The molecule has 0 aliphatic carbocycles. The quantitative estimate of drug-likeness (QED) is 0.608. The van der Waals surface area contributed by atoms with Gasteiger partial charge in [-0.15, -0.1) is 0 Å². The molecule has 24 heavy (non-hydrogen) atoms. The minimum absolute atomic E-state index is 0.129. The lowest BCUT2D eigenvalue weighted by Gasteiger charge is -2.33. The number of benzene rings is 1. The normalized spacial score (nSPS) is 15.2. The number of hydrogen-bond donors (Lipinski definition) is 2. The molecule has 1 amide bonds. The van der Waals surface area contributed by atoms with Gasteiger partial charge in [-0.05, 0) is 50.0 Å². The summed E-state index contributed by atoms with van der Waals surface area (Å²) in [4.78, 5) is 14.4. The number of nitrogens with zero attached hydrogens (tertiary/aromatic N) is 1. The lowest BCUT2D eigenvalue weighted by Crippen LogP contribution is -2.44. The van der Waals surface area contributed by atoms with Crippen molar-refractivity contribution in [2.45, 2.75) is 46.0 Å². The second-order valence-corrected chi connectivity index (χ2v) is 6.89. The molecule has 4 nitrogen and oxygen atoms in total. The number of anilines is 1. The molecule has 1 aliphatic heterocycles. The highest BCUT2D eigenvalue weighted by molar-refractivity contribution is 7.80. The number of aryl methyl sites for hydroxylation is 1. The molecule has 1 aromatic rings. The van der Waals surface area contributed by atoms with Crippen LogP contribution in [0.2, 0.25) is 0 Å². The molecule has 2 rings (SSSR count). The molecular formula is C19H29N3OS. The number of carbonyl (C=O) groups excluding carboxylic acids is 1. The Kier molecular flexibility index (Phi) is 7.50. The molecule has 0 aromatic heterocycles. The van der Waals surface area contributed by atoms with Gasteiger partial charge in [0.15, 0.2) is 5.11 Å². The van der Waals surface area contributed by atoms with E-state index in [2.05, 4.69) is 35.4 Å². The van der Waals surface area contributed by atoms with Crippen molar-refractivity contribution in [2.24, 2.45) is 5.92 Å². The lowest BCUT2D eigenvalue weighted by atomic mass is 9.96. The molecule has 1 saturated heterocycles. The van der Waals surface area contributed by atoms with Gasteiger partial charge in [0.25, 0.3) is 0 Å². The molecule has 1 aliphatic rings. The summed E-state index contributed by atoms with van der Waals surface area (Å²) >= 11 is 5.53. The van der Waals surface area contributed by atoms with Crippen molar-refractivity contribution in [3.8, 4) is 0 Å². The second kappa shape index (κ2) is 9.62. The van der Waals surface area contributed by atoms with E-state index >= 15 is 0 Å². The zero-order valence-electron chi connectivity index (χ0n) is 14.8. The van der Waals surface area contributed by atoms with Crippen LogP contribution in [0.4, 0.5) is 5.69 Å². The number of hydrogen-bond acceptors (Lipinski definition) is 2. The molecule has 5 heteroatoms. The van der Waals surface area contributed by atoms with Crippen LogP contribution in [-0.4, -0.2) is 35.6 Å². The maximum Gasteiger partial charge on any atom is 0.223 e. The van der Waals surface area contributed by atoms with Crippen LogP contribution in [0.15, 0.2) is 24.3 Å². The lowest BCUT2D eigenvalue weighted by molar-refractivity contribution is -0.126. The van der Waals surface area contributed by atoms with Crippen LogP contribution >= 0.6 is 12.2 Å². The molecule has 1 aromatic carbocycles. The van der Waals surface area contributed by atoms with Gasteiger partial charge in [0.1, 0.15) is 0 Å². The van der Waals surface area contributed by atoms with Gasteiger partial charge in [0.2, 0.25) is 5.91 Å². The van der Waals surface area contributed by atoms with Gasteiger partial charge in [0, 0.05) is 31.2 Å². The summed E-state index contributed by atoms with van der Waals surface area (Å²) in [7, 11) is 0. The minimum atomic E-state index is 0.129. The Hall–Kier alpha value is -1.62. The highest BCUT2D eigenvalue weighted by atomic mass is 32.1. The third-order valence-electron chi connectivity index (χ3n) is 4.62. The first-order valence-corrected chi connectivity index (χ1v) is 9.42. The first-order chi connectivity index (χ1) is 11.6. The zero-order chi connectivity index (χ0) is 17.4. The molecule has 0 radical (unpaired) electrons. The minimum Gasteiger partial charge on any atom is -0.356 e. The van der Waals surface area contributed by atoms with Crippen molar-refractivity contribution in [1.82, 2.24) is 10.2 Å². The van der Waals surface area contributed by atoms with E-state index in [9.17, 15) is 4.79 Å². The predicted octanol–water partition coefficient (Wildman–Crippen LogP) is 3.71. The third kappa shape index (κ3) is 5.48. The molecule has 0 atom stereocenters. The Balaban J connectivity index is 1.75. The number of carbonyl (C=O) groups is 1. The summed E-state index contributed by atoms with van der Waals surface area (Å²) in [6, 6.07) is 8.14. The smallest absolute Gasteiger partial charge is 0.223 e. The van der Waals surface area contributed by atoms with Gasteiger partial charge < -0.3 is 15.5 Å². The fourth-order valence-electron chi connectivity index (χ4n) is 2.98.